The number of nitrogens with zero attached hydrogens (tertiary/aromatic N) is 3. The maximum Gasteiger partial charge on any atom is 0.270 e. The van der Waals surface area contributed by atoms with Crippen molar-refractivity contribution in [2.24, 2.45) is 0 Å². The second-order valence-electron chi connectivity index (χ2n) is 5.64. The summed E-state index contributed by atoms with van der Waals surface area (Å²) in [4.78, 5) is 14.3. The van der Waals surface area contributed by atoms with E-state index in [0.29, 0.717) is 28.5 Å². The van der Waals surface area contributed by atoms with Gasteiger partial charge in [0.05, 0.1) is 9.82 Å². The van der Waals surface area contributed by atoms with E-state index in [1.165, 1.54) is 12.1 Å². The summed E-state index contributed by atoms with van der Waals surface area (Å²) < 4.78 is 27.8. The van der Waals surface area contributed by atoms with Gasteiger partial charge in [-0.2, -0.15) is 5.10 Å². The first-order valence-electron chi connectivity index (χ1n) is 7.53. The fourth-order valence-electron chi connectivity index (χ4n) is 2.40. The van der Waals surface area contributed by atoms with Gasteiger partial charge in [0.2, 0.25) is 0 Å². The van der Waals surface area contributed by atoms with Gasteiger partial charge < -0.3 is 0 Å². The van der Waals surface area contributed by atoms with Crippen molar-refractivity contribution < 1.29 is 13.3 Å². The van der Waals surface area contributed by atoms with Crippen LogP contribution in [-0.4, -0.2) is 28.5 Å². The summed E-state index contributed by atoms with van der Waals surface area (Å²) in [6.45, 7) is 3.33. The van der Waals surface area contributed by atoms with Gasteiger partial charge in [-0.25, -0.2) is 13.4 Å². The number of hydrogen-bond acceptors (Lipinski definition) is 6. The number of sulfonamides is 1. The summed E-state index contributed by atoms with van der Waals surface area (Å²) in [5.41, 5.74) is 1.05. The molecule has 0 saturated heterocycles. The summed E-state index contributed by atoms with van der Waals surface area (Å²) in [7, 11) is -4.00. The van der Waals surface area contributed by atoms with Crippen LogP contribution < -0.4 is 4.72 Å². The maximum atomic E-state index is 12.7. The molecule has 0 fully saturated rings. The number of rotatable bonds is 5. The third-order valence-electron chi connectivity index (χ3n) is 3.64. The Morgan fingerprint density at radius 2 is 1.92 bits per heavy atom. The largest absolute Gasteiger partial charge is 0.280 e. The second-order valence-corrected chi connectivity index (χ2v) is 7.29. The van der Waals surface area contributed by atoms with E-state index in [2.05, 4.69) is 19.9 Å². The fourth-order valence-corrected chi connectivity index (χ4v) is 3.71. The average Bonchev–Trinajstić information content (AvgIpc) is 3.01. The lowest BCUT2D eigenvalue weighted by atomic mass is 10.2. The van der Waals surface area contributed by atoms with Crippen LogP contribution in [-0.2, 0) is 10.0 Å². The molecule has 0 aliphatic carbocycles. The Morgan fingerprint density at radius 3 is 2.58 bits per heavy atom. The Balaban J connectivity index is 1.96. The number of hydrogen-bond donors (Lipinski definition) is 2. The van der Waals surface area contributed by atoms with E-state index in [4.69, 9.17) is 0 Å². The highest BCUT2D eigenvalue weighted by molar-refractivity contribution is 7.92. The highest BCUT2D eigenvalue weighted by Gasteiger charge is 2.21. The second kappa shape index (κ2) is 6.56. The van der Waals surface area contributed by atoms with E-state index in [9.17, 15) is 18.5 Å². The van der Waals surface area contributed by atoms with E-state index in [-0.39, 0.29) is 10.6 Å². The van der Waals surface area contributed by atoms with E-state index in [0.717, 1.165) is 6.07 Å². The molecule has 0 atom stereocenters. The number of benzene rings is 2. The minimum Gasteiger partial charge on any atom is -0.280 e. The number of H-pyrrole nitrogens is 1. The molecule has 0 spiro atoms. The molecule has 3 aromatic rings. The van der Waals surface area contributed by atoms with Gasteiger partial charge in [-0.1, -0.05) is 18.2 Å². The van der Waals surface area contributed by atoms with Gasteiger partial charge in [0.25, 0.3) is 15.7 Å². The molecule has 1 heterocycles. The molecule has 3 rings (SSSR count). The lowest BCUT2D eigenvalue weighted by Gasteiger charge is -2.11. The van der Waals surface area contributed by atoms with Gasteiger partial charge in [-0.3, -0.25) is 19.9 Å². The van der Waals surface area contributed by atoms with Crippen LogP contribution in [0.5, 0.6) is 0 Å². The SMILES string of the molecule is Cc1nc(-c2cccc(NS(=O)(=O)c3cc([N+](=O)[O-])ccc3C)c2)n[nH]1. The molecular formula is C16H15N5O4S. The van der Waals surface area contributed by atoms with Crippen LogP contribution in [0, 0.1) is 24.0 Å². The number of aromatic amines is 1. The van der Waals surface area contributed by atoms with Gasteiger partial charge in [0.1, 0.15) is 5.82 Å². The van der Waals surface area contributed by atoms with Crippen molar-refractivity contribution in [1.29, 1.82) is 0 Å². The first-order valence-corrected chi connectivity index (χ1v) is 9.02. The fraction of sp³-hybridized carbons (Fsp3) is 0.125. The quantitative estimate of drug-likeness (QED) is 0.522. The smallest absolute Gasteiger partial charge is 0.270 e. The third-order valence-corrected chi connectivity index (χ3v) is 5.17. The van der Waals surface area contributed by atoms with Crippen LogP contribution in [0.2, 0.25) is 0 Å². The number of nitrogens with one attached hydrogen (secondary N) is 2. The van der Waals surface area contributed by atoms with Gasteiger partial charge in [0, 0.05) is 23.4 Å². The number of nitro benzene ring substituents is 1. The Morgan fingerprint density at radius 1 is 1.15 bits per heavy atom. The molecule has 2 aromatic carbocycles. The van der Waals surface area contributed by atoms with Gasteiger partial charge >= 0.3 is 0 Å². The van der Waals surface area contributed by atoms with E-state index in [1.807, 2.05) is 0 Å². The Kier molecular flexibility index (Phi) is 4.43. The number of anilines is 1. The molecule has 2 N–H and O–H groups in total. The lowest BCUT2D eigenvalue weighted by Crippen LogP contribution is -2.14. The van der Waals surface area contributed by atoms with Crippen molar-refractivity contribution >= 4 is 21.4 Å². The zero-order chi connectivity index (χ0) is 18.9. The number of non-ortho nitro benzene ring substituents is 1. The molecule has 0 bridgehead atoms. The van der Waals surface area contributed by atoms with Gasteiger partial charge in [0.15, 0.2) is 5.82 Å². The minimum atomic E-state index is -4.00. The molecule has 0 radical (unpaired) electrons. The Bertz CT molecular complexity index is 1090. The van der Waals surface area contributed by atoms with Crippen LogP contribution in [0.15, 0.2) is 47.4 Å². The summed E-state index contributed by atoms with van der Waals surface area (Å²) in [6.07, 6.45) is 0. The van der Waals surface area contributed by atoms with E-state index in [1.54, 1.807) is 38.1 Å². The third kappa shape index (κ3) is 3.54. The summed E-state index contributed by atoms with van der Waals surface area (Å²) in [5, 5.41) is 17.7. The van der Waals surface area contributed by atoms with Gasteiger partial charge in [-0.05, 0) is 31.5 Å². The first kappa shape index (κ1) is 17.5. The predicted octanol–water partition coefficient (Wildman–Crippen LogP) is 2.80. The van der Waals surface area contributed by atoms with Crippen molar-refractivity contribution in [3.05, 3.63) is 64.0 Å². The van der Waals surface area contributed by atoms with Crippen LogP contribution in [0.1, 0.15) is 11.4 Å². The summed E-state index contributed by atoms with van der Waals surface area (Å²) >= 11 is 0. The Hall–Kier alpha value is -3.27. The number of aryl methyl sites for hydroxylation is 2. The normalized spacial score (nSPS) is 11.3. The molecule has 0 saturated carbocycles. The molecule has 0 unspecified atom stereocenters. The molecule has 10 heteroatoms. The maximum absolute atomic E-state index is 12.7. The molecular weight excluding hydrogens is 358 g/mol. The molecule has 134 valence electrons. The van der Waals surface area contributed by atoms with Crippen LogP contribution in [0.3, 0.4) is 0 Å². The zero-order valence-electron chi connectivity index (χ0n) is 13.9. The van der Waals surface area contributed by atoms with E-state index >= 15 is 0 Å². The van der Waals surface area contributed by atoms with Crippen LogP contribution in [0.25, 0.3) is 11.4 Å². The van der Waals surface area contributed by atoms with E-state index < -0.39 is 14.9 Å². The Labute approximate surface area is 149 Å². The van der Waals surface area contributed by atoms with Crippen LogP contribution in [0.4, 0.5) is 11.4 Å². The monoisotopic (exact) mass is 373 g/mol. The highest BCUT2D eigenvalue weighted by Crippen LogP contribution is 2.25. The molecule has 1 aromatic heterocycles. The summed E-state index contributed by atoms with van der Waals surface area (Å²) in [5.74, 6) is 1.08. The van der Waals surface area contributed by atoms with Gasteiger partial charge in [-0.15, -0.1) is 0 Å². The highest BCUT2D eigenvalue weighted by atomic mass is 32.2. The molecule has 0 aliphatic heterocycles. The van der Waals surface area contributed by atoms with Crippen molar-refractivity contribution in [2.75, 3.05) is 4.72 Å². The minimum absolute atomic E-state index is 0.147. The van der Waals surface area contributed by atoms with Crippen molar-refractivity contribution in [1.82, 2.24) is 15.2 Å². The molecule has 0 amide bonds. The number of aromatic nitrogens is 3. The van der Waals surface area contributed by atoms with Crippen molar-refractivity contribution in [2.45, 2.75) is 18.7 Å². The molecule has 0 aliphatic rings. The standard InChI is InChI=1S/C16H15N5O4S/c1-10-6-7-14(21(22)23)9-15(10)26(24,25)20-13-5-3-4-12(8-13)16-17-11(2)18-19-16/h3-9,20H,1-2H3,(H,17,18,19). The predicted molar refractivity (Wildman–Crippen MR) is 95.2 cm³/mol. The lowest BCUT2D eigenvalue weighted by molar-refractivity contribution is -0.385. The average molecular weight is 373 g/mol. The summed E-state index contributed by atoms with van der Waals surface area (Å²) in [6, 6.07) is 10.3. The van der Waals surface area contributed by atoms with Crippen LogP contribution >= 0.6 is 0 Å². The van der Waals surface area contributed by atoms with Crippen molar-refractivity contribution in [3.8, 4) is 11.4 Å². The molecule has 9 nitrogen and oxygen atoms in total. The first-order chi connectivity index (χ1) is 12.3. The number of nitro groups is 1. The van der Waals surface area contributed by atoms with Crippen molar-refractivity contribution in [3.63, 3.8) is 0 Å². The topological polar surface area (TPSA) is 131 Å². The zero-order valence-corrected chi connectivity index (χ0v) is 14.7. The molecule has 26 heavy (non-hydrogen) atoms.